The third-order valence-corrected chi connectivity index (χ3v) is 2.70. The van der Waals surface area contributed by atoms with Gasteiger partial charge >= 0.3 is 5.97 Å². The average Bonchev–Trinajstić information content (AvgIpc) is 2.83. The number of hydrogen-bond acceptors (Lipinski definition) is 3. The van der Waals surface area contributed by atoms with Gasteiger partial charge in [0.2, 0.25) is 0 Å². The third-order valence-electron chi connectivity index (χ3n) is 2.70. The summed E-state index contributed by atoms with van der Waals surface area (Å²) in [7, 11) is 0. The molecule has 0 bridgehead atoms. The summed E-state index contributed by atoms with van der Waals surface area (Å²) in [5.41, 5.74) is 2.06. The number of fused-ring (bicyclic) bond motifs is 1. The number of aromatic nitrogens is 3. The number of carbonyl (C=O) groups is 1. The molecule has 1 aromatic heterocycles. The van der Waals surface area contributed by atoms with Crippen LogP contribution >= 0.6 is 0 Å². The van der Waals surface area contributed by atoms with Gasteiger partial charge in [-0.05, 0) is 24.3 Å². The molecule has 1 heterocycles. The number of rotatable bonds is 2. The van der Waals surface area contributed by atoms with Crippen LogP contribution in [0.2, 0.25) is 0 Å². The molecule has 0 atom stereocenters. The van der Waals surface area contributed by atoms with Gasteiger partial charge in [-0.2, -0.15) is 0 Å². The fraction of sp³-hybridized carbons (Fsp3) is 0. The highest BCUT2D eigenvalue weighted by Gasteiger charge is 2.15. The van der Waals surface area contributed by atoms with Crippen LogP contribution in [0.3, 0.4) is 0 Å². The molecule has 5 nitrogen and oxygen atoms in total. The van der Waals surface area contributed by atoms with Crippen molar-refractivity contribution < 1.29 is 9.90 Å². The molecule has 0 unspecified atom stereocenters. The standard InChI is InChI=1S/C13H9N3O2/c17-13(18)10-7-4-8-11-12(10)16(15-14-11)9-5-2-1-3-6-9/h1-8H,(H,17,18). The van der Waals surface area contributed by atoms with E-state index < -0.39 is 5.97 Å². The largest absolute Gasteiger partial charge is 0.478 e. The Kier molecular flexibility index (Phi) is 2.30. The van der Waals surface area contributed by atoms with Crippen molar-refractivity contribution >= 4 is 17.0 Å². The Bertz CT molecular complexity index is 719. The van der Waals surface area contributed by atoms with Crippen LogP contribution in [0.25, 0.3) is 16.7 Å². The molecule has 3 rings (SSSR count). The molecule has 0 radical (unpaired) electrons. The topological polar surface area (TPSA) is 68.0 Å². The Hall–Kier alpha value is -2.69. The van der Waals surface area contributed by atoms with Crippen molar-refractivity contribution in [3.63, 3.8) is 0 Å². The Morgan fingerprint density at radius 3 is 2.56 bits per heavy atom. The van der Waals surface area contributed by atoms with Gasteiger partial charge in [-0.3, -0.25) is 0 Å². The molecule has 0 saturated carbocycles. The van der Waals surface area contributed by atoms with Gasteiger partial charge in [0.1, 0.15) is 11.0 Å². The van der Waals surface area contributed by atoms with Crippen LogP contribution in [0.15, 0.2) is 48.5 Å². The van der Waals surface area contributed by atoms with E-state index in [1.807, 2.05) is 30.3 Å². The van der Waals surface area contributed by atoms with E-state index in [2.05, 4.69) is 10.3 Å². The molecular weight excluding hydrogens is 230 g/mol. The summed E-state index contributed by atoms with van der Waals surface area (Å²) >= 11 is 0. The summed E-state index contributed by atoms with van der Waals surface area (Å²) < 4.78 is 1.54. The predicted octanol–water partition coefficient (Wildman–Crippen LogP) is 2.12. The van der Waals surface area contributed by atoms with E-state index in [-0.39, 0.29) is 5.56 Å². The van der Waals surface area contributed by atoms with Gasteiger partial charge in [-0.15, -0.1) is 5.10 Å². The molecule has 3 aromatic rings. The van der Waals surface area contributed by atoms with E-state index in [1.54, 1.807) is 22.9 Å². The zero-order valence-corrected chi connectivity index (χ0v) is 9.32. The number of hydrogen-bond donors (Lipinski definition) is 1. The minimum atomic E-state index is -0.986. The van der Waals surface area contributed by atoms with E-state index in [9.17, 15) is 9.90 Å². The van der Waals surface area contributed by atoms with E-state index in [0.29, 0.717) is 11.0 Å². The molecule has 0 fully saturated rings. The molecule has 88 valence electrons. The SMILES string of the molecule is O=C(O)c1cccc2nnn(-c3ccccc3)c12. The minimum absolute atomic E-state index is 0.196. The van der Waals surface area contributed by atoms with Crippen molar-refractivity contribution in [1.82, 2.24) is 15.0 Å². The van der Waals surface area contributed by atoms with Gasteiger partial charge in [0.25, 0.3) is 0 Å². The molecule has 0 aliphatic carbocycles. The smallest absolute Gasteiger partial charge is 0.337 e. The molecule has 5 heteroatoms. The maximum atomic E-state index is 11.2. The zero-order valence-electron chi connectivity index (χ0n) is 9.32. The van der Waals surface area contributed by atoms with Crippen LogP contribution < -0.4 is 0 Å². The number of benzene rings is 2. The van der Waals surface area contributed by atoms with Gasteiger partial charge in [0.05, 0.1) is 11.3 Å². The second kappa shape index (κ2) is 3.96. The number of nitrogens with zero attached hydrogens (tertiary/aromatic N) is 3. The van der Waals surface area contributed by atoms with Gasteiger partial charge < -0.3 is 5.11 Å². The normalized spacial score (nSPS) is 10.7. The van der Waals surface area contributed by atoms with Crippen LogP contribution in [0.5, 0.6) is 0 Å². The predicted molar refractivity (Wildman–Crippen MR) is 65.8 cm³/mol. The van der Waals surface area contributed by atoms with Gasteiger partial charge in [0, 0.05) is 0 Å². The first kappa shape index (κ1) is 10.5. The van der Waals surface area contributed by atoms with Crippen molar-refractivity contribution in [2.75, 3.05) is 0 Å². The quantitative estimate of drug-likeness (QED) is 0.743. The Labute approximate surface area is 102 Å². The first-order valence-electron chi connectivity index (χ1n) is 5.40. The molecule has 2 aromatic carbocycles. The number of carboxylic acid groups (broad SMARTS) is 1. The average molecular weight is 239 g/mol. The number of carboxylic acids is 1. The Balaban J connectivity index is 2.35. The van der Waals surface area contributed by atoms with Crippen molar-refractivity contribution in [1.29, 1.82) is 0 Å². The van der Waals surface area contributed by atoms with Crippen molar-refractivity contribution in [3.05, 3.63) is 54.1 Å². The highest BCUT2D eigenvalue weighted by molar-refractivity contribution is 6.01. The third kappa shape index (κ3) is 1.53. The van der Waals surface area contributed by atoms with E-state index in [0.717, 1.165) is 5.69 Å². The fourth-order valence-electron chi connectivity index (χ4n) is 1.89. The summed E-state index contributed by atoms with van der Waals surface area (Å²) in [6.07, 6.45) is 0. The molecule has 0 spiro atoms. The molecule has 0 aliphatic heterocycles. The molecule has 0 aliphatic rings. The molecule has 0 amide bonds. The highest BCUT2D eigenvalue weighted by Crippen LogP contribution is 2.20. The van der Waals surface area contributed by atoms with Gasteiger partial charge in [0.15, 0.2) is 0 Å². The Morgan fingerprint density at radius 2 is 1.83 bits per heavy atom. The van der Waals surface area contributed by atoms with E-state index >= 15 is 0 Å². The molecule has 0 saturated heterocycles. The summed E-state index contributed by atoms with van der Waals surface area (Å²) in [5, 5.41) is 17.2. The summed E-state index contributed by atoms with van der Waals surface area (Å²) in [5.74, 6) is -0.986. The number of para-hydroxylation sites is 2. The maximum Gasteiger partial charge on any atom is 0.337 e. The second-order valence-electron chi connectivity index (χ2n) is 3.82. The van der Waals surface area contributed by atoms with Crippen molar-refractivity contribution in [3.8, 4) is 5.69 Å². The lowest BCUT2D eigenvalue weighted by molar-refractivity contribution is 0.0698. The first-order valence-corrected chi connectivity index (χ1v) is 5.40. The van der Waals surface area contributed by atoms with Crippen LogP contribution in [0, 0.1) is 0 Å². The summed E-state index contributed by atoms with van der Waals surface area (Å²) in [6.45, 7) is 0. The molecule has 18 heavy (non-hydrogen) atoms. The van der Waals surface area contributed by atoms with Crippen molar-refractivity contribution in [2.45, 2.75) is 0 Å². The van der Waals surface area contributed by atoms with Crippen LogP contribution in [0.1, 0.15) is 10.4 Å². The highest BCUT2D eigenvalue weighted by atomic mass is 16.4. The lowest BCUT2D eigenvalue weighted by Crippen LogP contribution is -2.03. The van der Waals surface area contributed by atoms with E-state index in [1.165, 1.54) is 0 Å². The number of aromatic carboxylic acids is 1. The summed E-state index contributed by atoms with van der Waals surface area (Å²) in [6, 6.07) is 14.3. The minimum Gasteiger partial charge on any atom is -0.478 e. The lowest BCUT2D eigenvalue weighted by Gasteiger charge is -2.03. The first-order chi connectivity index (χ1) is 8.77. The van der Waals surface area contributed by atoms with Crippen LogP contribution in [0.4, 0.5) is 0 Å². The van der Waals surface area contributed by atoms with Gasteiger partial charge in [-0.1, -0.05) is 29.5 Å². The fourth-order valence-corrected chi connectivity index (χ4v) is 1.89. The Morgan fingerprint density at radius 1 is 1.06 bits per heavy atom. The summed E-state index contributed by atoms with van der Waals surface area (Å²) in [4.78, 5) is 11.2. The van der Waals surface area contributed by atoms with E-state index in [4.69, 9.17) is 0 Å². The maximum absolute atomic E-state index is 11.2. The van der Waals surface area contributed by atoms with Crippen LogP contribution in [-0.2, 0) is 0 Å². The molecular formula is C13H9N3O2. The monoisotopic (exact) mass is 239 g/mol. The van der Waals surface area contributed by atoms with Crippen molar-refractivity contribution in [2.24, 2.45) is 0 Å². The molecule has 1 N–H and O–H groups in total. The van der Waals surface area contributed by atoms with Gasteiger partial charge in [-0.25, -0.2) is 9.48 Å². The van der Waals surface area contributed by atoms with Crippen LogP contribution in [-0.4, -0.2) is 26.1 Å². The second-order valence-corrected chi connectivity index (χ2v) is 3.82. The zero-order chi connectivity index (χ0) is 12.5. The lowest BCUT2D eigenvalue weighted by atomic mass is 10.2.